The second-order valence-electron chi connectivity index (χ2n) is 5.68. The van der Waals surface area contributed by atoms with E-state index in [0.717, 1.165) is 13.1 Å². The first kappa shape index (κ1) is 14.0. The zero-order chi connectivity index (χ0) is 13.0. The van der Waals surface area contributed by atoms with Crippen LogP contribution >= 0.6 is 11.8 Å². The molecule has 1 saturated carbocycles. The van der Waals surface area contributed by atoms with E-state index in [2.05, 4.69) is 47.6 Å². The fraction of sp³-hybridized carbons (Fsp3) is 0.929. The maximum Gasteiger partial charge on any atom is 0.196 e. The maximum atomic E-state index is 4.68. The SMILES string of the molecule is CCN=C(N(C)C)N1CCSC2(CCCCC2)C1. The van der Waals surface area contributed by atoms with Crippen LogP contribution in [0.1, 0.15) is 39.0 Å². The normalized spacial score (nSPS) is 24.4. The third-order valence-corrected chi connectivity index (χ3v) is 5.53. The van der Waals surface area contributed by atoms with E-state index in [9.17, 15) is 0 Å². The standard InChI is InChI=1S/C14H27N3S/c1-4-15-13(16(2)3)17-10-11-18-14(12-17)8-6-5-7-9-14/h4-12H2,1-3H3. The van der Waals surface area contributed by atoms with E-state index in [0.29, 0.717) is 4.75 Å². The molecule has 1 spiro atoms. The summed E-state index contributed by atoms with van der Waals surface area (Å²) in [7, 11) is 4.23. The highest BCUT2D eigenvalue weighted by Gasteiger charge is 2.38. The number of thioether (sulfide) groups is 1. The van der Waals surface area contributed by atoms with E-state index < -0.39 is 0 Å². The lowest BCUT2D eigenvalue weighted by atomic mass is 9.87. The molecule has 2 rings (SSSR count). The first-order valence-corrected chi connectivity index (χ1v) is 8.26. The minimum atomic E-state index is 0.529. The Balaban J connectivity index is 2.07. The molecule has 18 heavy (non-hydrogen) atoms. The molecule has 0 aromatic carbocycles. The van der Waals surface area contributed by atoms with Crippen molar-refractivity contribution in [1.29, 1.82) is 0 Å². The highest BCUT2D eigenvalue weighted by Crippen LogP contribution is 2.42. The minimum absolute atomic E-state index is 0.529. The summed E-state index contributed by atoms with van der Waals surface area (Å²) in [6.07, 6.45) is 7.08. The summed E-state index contributed by atoms with van der Waals surface area (Å²) < 4.78 is 0.529. The molecule has 2 aliphatic rings. The molecule has 1 saturated heterocycles. The Morgan fingerprint density at radius 2 is 2.00 bits per heavy atom. The number of hydrogen-bond donors (Lipinski definition) is 0. The van der Waals surface area contributed by atoms with Crippen molar-refractivity contribution in [3.8, 4) is 0 Å². The molecule has 4 heteroatoms. The fourth-order valence-electron chi connectivity index (χ4n) is 3.18. The van der Waals surface area contributed by atoms with Crippen molar-refractivity contribution in [1.82, 2.24) is 9.80 Å². The molecule has 0 aromatic heterocycles. The molecule has 104 valence electrons. The monoisotopic (exact) mass is 269 g/mol. The third kappa shape index (κ3) is 3.14. The second kappa shape index (κ2) is 6.18. The zero-order valence-electron chi connectivity index (χ0n) is 12.1. The summed E-state index contributed by atoms with van der Waals surface area (Å²) in [6, 6.07) is 0. The minimum Gasteiger partial charge on any atom is -0.349 e. The van der Waals surface area contributed by atoms with E-state index >= 15 is 0 Å². The molecule has 0 aromatic rings. The van der Waals surface area contributed by atoms with Crippen LogP contribution in [0.5, 0.6) is 0 Å². The van der Waals surface area contributed by atoms with Gasteiger partial charge in [-0.05, 0) is 19.8 Å². The van der Waals surface area contributed by atoms with Crippen LogP contribution in [0.4, 0.5) is 0 Å². The van der Waals surface area contributed by atoms with Crippen molar-refractivity contribution in [2.24, 2.45) is 4.99 Å². The lowest BCUT2D eigenvalue weighted by molar-refractivity contribution is 0.279. The van der Waals surface area contributed by atoms with Gasteiger partial charge in [0.25, 0.3) is 0 Å². The molecule has 2 fully saturated rings. The molecular formula is C14H27N3S. The Labute approximate surface area is 116 Å². The van der Waals surface area contributed by atoms with E-state index in [1.54, 1.807) is 0 Å². The lowest BCUT2D eigenvalue weighted by Gasteiger charge is -2.46. The molecule has 0 amide bonds. The topological polar surface area (TPSA) is 18.8 Å². The van der Waals surface area contributed by atoms with Crippen LogP contribution < -0.4 is 0 Å². The quantitative estimate of drug-likeness (QED) is 0.539. The van der Waals surface area contributed by atoms with Crippen LogP contribution in [0.25, 0.3) is 0 Å². The summed E-state index contributed by atoms with van der Waals surface area (Å²) in [5, 5.41) is 0. The van der Waals surface area contributed by atoms with Gasteiger partial charge in [0.15, 0.2) is 5.96 Å². The smallest absolute Gasteiger partial charge is 0.196 e. The molecule has 0 atom stereocenters. The number of aliphatic imine (C=N–C) groups is 1. The molecule has 0 radical (unpaired) electrons. The molecule has 1 aliphatic carbocycles. The van der Waals surface area contributed by atoms with Gasteiger partial charge < -0.3 is 9.80 Å². The molecule has 0 bridgehead atoms. The van der Waals surface area contributed by atoms with Gasteiger partial charge in [0.05, 0.1) is 0 Å². The van der Waals surface area contributed by atoms with Crippen molar-refractivity contribution < 1.29 is 0 Å². The van der Waals surface area contributed by atoms with Crippen molar-refractivity contribution in [2.75, 3.05) is 39.5 Å². The summed E-state index contributed by atoms with van der Waals surface area (Å²) in [4.78, 5) is 9.38. The van der Waals surface area contributed by atoms with E-state index in [1.165, 1.54) is 50.4 Å². The van der Waals surface area contributed by atoms with Gasteiger partial charge in [-0.2, -0.15) is 11.8 Å². The van der Waals surface area contributed by atoms with Crippen LogP contribution in [-0.2, 0) is 0 Å². The van der Waals surface area contributed by atoms with Crippen molar-refractivity contribution in [2.45, 2.75) is 43.8 Å². The largest absolute Gasteiger partial charge is 0.349 e. The Bertz CT molecular complexity index is 290. The number of nitrogens with zero attached hydrogens (tertiary/aromatic N) is 3. The summed E-state index contributed by atoms with van der Waals surface area (Å²) in [5.74, 6) is 2.44. The summed E-state index contributed by atoms with van der Waals surface area (Å²) >= 11 is 2.22. The van der Waals surface area contributed by atoms with Gasteiger partial charge in [0.2, 0.25) is 0 Å². The Morgan fingerprint density at radius 1 is 1.28 bits per heavy atom. The van der Waals surface area contributed by atoms with Gasteiger partial charge in [-0.1, -0.05) is 19.3 Å². The van der Waals surface area contributed by atoms with Gasteiger partial charge in [0.1, 0.15) is 0 Å². The van der Waals surface area contributed by atoms with Crippen LogP contribution in [-0.4, -0.2) is 60.0 Å². The van der Waals surface area contributed by atoms with Crippen molar-refractivity contribution in [3.05, 3.63) is 0 Å². The Hall–Kier alpha value is -0.380. The van der Waals surface area contributed by atoms with E-state index in [-0.39, 0.29) is 0 Å². The second-order valence-corrected chi connectivity index (χ2v) is 7.25. The third-order valence-electron chi connectivity index (χ3n) is 4.00. The Morgan fingerprint density at radius 3 is 2.61 bits per heavy atom. The van der Waals surface area contributed by atoms with Crippen LogP contribution in [0.3, 0.4) is 0 Å². The number of hydrogen-bond acceptors (Lipinski definition) is 2. The highest BCUT2D eigenvalue weighted by atomic mass is 32.2. The van der Waals surface area contributed by atoms with Gasteiger partial charge in [-0.3, -0.25) is 4.99 Å². The predicted octanol–water partition coefficient (Wildman–Crippen LogP) is 2.68. The van der Waals surface area contributed by atoms with Crippen LogP contribution in [0, 0.1) is 0 Å². The summed E-state index contributed by atoms with van der Waals surface area (Å²) in [5.41, 5.74) is 0. The predicted molar refractivity (Wildman–Crippen MR) is 81.5 cm³/mol. The average Bonchev–Trinajstić information content (AvgIpc) is 2.36. The van der Waals surface area contributed by atoms with E-state index in [1.807, 2.05) is 0 Å². The van der Waals surface area contributed by atoms with Crippen LogP contribution in [0.2, 0.25) is 0 Å². The number of guanidine groups is 1. The molecular weight excluding hydrogens is 242 g/mol. The zero-order valence-corrected chi connectivity index (χ0v) is 12.9. The van der Waals surface area contributed by atoms with Gasteiger partial charge in [-0.25, -0.2) is 0 Å². The fourth-order valence-corrected chi connectivity index (χ4v) is 4.75. The molecule has 0 unspecified atom stereocenters. The maximum absolute atomic E-state index is 4.68. The lowest BCUT2D eigenvalue weighted by Crippen LogP contribution is -2.53. The molecule has 1 aliphatic heterocycles. The highest BCUT2D eigenvalue weighted by molar-refractivity contribution is 8.00. The number of rotatable bonds is 1. The Kier molecular flexibility index (Phi) is 4.82. The molecule has 0 N–H and O–H groups in total. The van der Waals surface area contributed by atoms with Crippen molar-refractivity contribution >= 4 is 17.7 Å². The first-order valence-electron chi connectivity index (χ1n) is 7.27. The molecule has 1 heterocycles. The van der Waals surface area contributed by atoms with Crippen LogP contribution in [0.15, 0.2) is 4.99 Å². The van der Waals surface area contributed by atoms with Gasteiger partial charge in [0, 0.05) is 44.2 Å². The first-order chi connectivity index (χ1) is 8.67. The van der Waals surface area contributed by atoms with E-state index in [4.69, 9.17) is 0 Å². The molecule has 3 nitrogen and oxygen atoms in total. The average molecular weight is 269 g/mol. The van der Waals surface area contributed by atoms with Crippen molar-refractivity contribution in [3.63, 3.8) is 0 Å². The van der Waals surface area contributed by atoms with Gasteiger partial charge in [-0.15, -0.1) is 0 Å². The summed E-state index contributed by atoms with van der Waals surface area (Å²) in [6.45, 7) is 5.36. The van der Waals surface area contributed by atoms with Gasteiger partial charge >= 0.3 is 0 Å².